The first-order chi connectivity index (χ1) is 12.4. The van der Waals surface area contributed by atoms with E-state index in [2.05, 4.69) is 34.3 Å². The Hall–Kier alpha value is -1.35. The van der Waals surface area contributed by atoms with Gasteiger partial charge in [-0.1, -0.05) is 36.9 Å². The molecule has 1 aromatic heterocycles. The number of anilines is 1. The Labute approximate surface area is 163 Å². The molecular weight excluding hydrogens is 370 g/mol. The molecule has 0 bridgehead atoms. The van der Waals surface area contributed by atoms with Gasteiger partial charge in [0.2, 0.25) is 16.9 Å². The predicted octanol–water partition coefficient (Wildman–Crippen LogP) is 2.24. The zero-order chi connectivity index (χ0) is 19.1. The molecule has 26 heavy (non-hydrogen) atoms. The quantitative estimate of drug-likeness (QED) is 0.676. The Morgan fingerprint density at radius 1 is 1.15 bits per heavy atom. The number of carbonyl (C=O) groups is 2. The molecule has 9 heteroatoms. The van der Waals surface area contributed by atoms with E-state index in [0.717, 1.165) is 48.5 Å². The Balaban J connectivity index is 1.82. The average molecular weight is 400 g/mol. The van der Waals surface area contributed by atoms with Gasteiger partial charge in [-0.3, -0.25) is 9.59 Å². The van der Waals surface area contributed by atoms with Crippen molar-refractivity contribution in [3.63, 3.8) is 0 Å². The third kappa shape index (κ3) is 5.84. The lowest BCUT2D eigenvalue weighted by Gasteiger charge is -2.35. The molecule has 0 aromatic carbocycles. The molecule has 2 rings (SSSR count). The molecule has 0 unspecified atom stereocenters. The highest BCUT2D eigenvalue weighted by Crippen LogP contribution is 2.28. The standard InChI is InChI=1S/C17H29N5O2S2/c1-5-13(6-2)15(24)21-7-9-22(10-8-21)16-19-20-17(26-16)25-11-14(23)18-12(3)4/h12-13H,5-11H2,1-4H3,(H,18,23). The SMILES string of the molecule is CCC(CC)C(=O)N1CCN(c2nnc(SCC(=O)NC(C)C)s2)CC1. The van der Waals surface area contributed by atoms with Gasteiger partial charge in [0.25, 0.3) is 0 Å². The van der Waals surface area contributed by atoms with Gasteiger partial charge >= 0.3 is 0 Å². The van der Waals surface area contributed by atoms with Gasteiger partial charge in [-0.2, -0.15) is 0 Å². The molecule has 1 fully saturated rings. The van der Waals surface area contributed by atoms with Crippen LogP contribution in [-0.2, 0) is 9.59 Å². The monoisotopic (exact) mass is 399 g/mol. The first-order valence-electron chi connectivity index (χ1n) is 9.23. The number of carbonyl (C=O) groups excluding carboxylic acids is 2. The largest absolute Gasteiger partial charge is 0.353 e. The number of nitrogens with one attached hydrogen (secondary N) is 1. The topological polar surface area (TPSA) is 78.4 Å². The van der Waals surface area contributed by atoms with E-state index in [-0.39, 0.29) is 23.8 Å². The molecule has 2 heterocycles. The van der Waals surface area contributed by atoms with Gasteiger partial charge in [0.15, 0.2) is 4.34 Å². The molecule has 0 spiro atoms. The normalized spacial score (nSPS) is 15.0. The lowest BCUT2D eigenvalue weighted by atomic mass is 10.0. The fourth-order valence-electron chi connectivity index (χ4n) is 2.89. The Morgan fingerprint density at radius 2 is 1.81 bits per heavy atom. The third-order valence-electron chi connectivity index (χ3n) is 4.37. The van der Waals surface area contributed by atoms with E-state index in [9.17, 15) is 9.59 Å². The minimum atomic E-state index is 0.00952. The van der Waals surface area contributed by atoms with E-state index in [1.165, 1.54) is 23.1 Å². The van der Waals surface area contributed by atoms with Crippen LogP contribution in [0.25, 0.3) is 0 Å². The number of piperazine rings is 1. The fourth-order valence-corrected chi connectivity index (χ4v) is 4.60. The van der Waals surface area contributed by atoms with Crippen LogP contribution in [0.3, 0.4) is 0 Å². The average Bonchev–Trinajstić information content (AvgIpc) is 3.09. The van der Waals surface area contributed by atoms with Crippen molar-refractivity contribution in [2.24, 2.45) is 5.92 Å². The molecule has 0 aliphatic carbocycles. The van der Waals surface area contributed by atoms with Gasteiger partial charge in [0.05, 0.1) is 5.75 Å². The maximum absolute atomic E-state index is 12.5. The maximum Gasteiger partial charge on any atom is 0.230 e. The lowest BCUT2D eigenvalue weighted by molar-refractivity contribution is -0.136. The zero-order valence-corrected chi connectivity index (χ0v) is 17.7. The summed E-state index contributed by atoms with van der Waals surface area (Å²) < 4.78 is 0.800. The highest BCUT2D eigenvalue weighted by Gasteiger charge is 2.26. The summed E-state index contributed by atoms with van der Waals surface area (Å²) in [5.41, 5.74) is 0. The van der Waals surface area contributed by atoms with E-state index < -0.39 is 0 Å². The second kappa shape index (κ2) is 10.1. The molecule has 1 N–H and O–H groups in total. The molecule has 1 aromatic rings. The summed E-state index contributed by atoms with van der Waals surface area (Å²) in [6.45, 7) is 11.0. The number of rotatable bonds is 8. The van der Waals surface area contributed by atoms with Crippen LogP contribution >= 0.6 is 23.1 Å². The van der Waals surface area contributed by atoms with Gasteiger partial charge < -0.3 is 15.1 Å². The smallest absolute Gasteiger partial charge is 0.230 e. The molecule has 0 radical (unpaired) electrons. The van der Waals surface area contributed by atoms with Crippen molar-refractivity contribution >= 4 is 40.0 Å². The molecule has 1 saturated heterocycles. The van der Waals surface area contributed by atoms with Gasteiger partial charge in [0, 0.05) is 38.1 Å². The van der Waals surface area contributed by atoms with Crippen LogP contribution in [0.15, 0.2) is 4.34 Å². The number of amides is 2. The summed E-state index contributed by atoms with van der Waals surface area (Å²) in [4.78, 5) is 28.3. The van der Waals surface area contributed by atoms with E-state index >= 15 is 0 Å². The Bertz CT molecular complexity index is 596. The third-order valence-corrected chi connectivity index (χ3v) is 6.49. The maximum atomic E-state index is 12.5. The lowest BCUT2D eigenvalue weighted by Crippen LogP contribution is -2.50. The summed E-state index contributed by atoms with van der Waals surface area (Å²) >= 11 is 2.92. The van der Waals surface area contributed by atoms with E-state index in [4.69, 9.17) is 0 Å². The number of hydrogen-bond acceptors (Lipinski definition) is 7. The van der Waals surface area contributed by atoms with Crippen molar-refractivity contribution in [2.75, 3.05) is 36.8 Å². The fraction of sp³-hybridized carbons (Fsp3) is 0.765. The van der Waals surface area contributed by atoms with Gasteiger partial charge in [-0.15, -0.1) is 10.2 Å². The van der Waals surface area contributed by atoms with Gasteiger partial charge in [-0.05, 0) is 26.7 Å². The van der Waals surface area contributed by atoms with Crippen LogP contribution in [0, 0.1) is 5.92 Å². The molecular formula is C17H29N5O2S2. The van der Waals surface area contributed by atoms with Crippen molar-refractivity contribution in [2.45, 2.75) is 50.9 Å². The summed E-state index contributed by atoms with van der Waals surface area (Å²) in [7, 11) is 0. The highest BCUT2D eigenvalue weighted by atomic mass is 32.2. The molecule has 1 aliphatic heterocycles. The van der Waals surface area contributed by atoms with E-state index in [1.807, 2.05) is 18.7 Å². The molecule has 7 nitrogen and oxygen atoms in total. The van der Waals surface area contributed by atoms with Crippen LogP contribution in [0.5, 0.6) is 0 Å². The second-order valence-corrected chi connectivity index (χ2v) is 8.87. The van der Waals surface area contributed by atoms with Crippen molar-refractivity contribution < 1.29 is 9.59 Å². The second-order valence-electron chi connectivity index (χ2n) is 6.69. The Morgan fingerprint density at radius 3 is 2.38 bits per heavy atom. The van der Waals surface area contributed by atoms with E-state index in [1.54, 1.807) is 0 Å². The van der Waals surface area contributed by atoms with Crippen LogP contribution < -0.4 is 10.2 Å². The van der Waals surface area contributed by atoms with Gasteiger partial charge in [0.1, 0.15) is 0 Å². The summed E-state index contributed by atoms with van der Waals surface area (Å²) in [5.74, 6) is 0.780. The van der Waals surface area contributed by atoms with Crippen LogP contribution in [0.2, 0.25) is 0 Å². The number of hydrogen-bond donors (Lipinski definition) is 1. The van der Waals surface area contributed by atoms with Crippen LogP contribution in [0.1, 0.15) is 40.5 Å². The molecule has 146 valence electrons. The molecule has 2 amide bonds. The van der Waals surface area contributed by atoms with Crippen molar-refractivity contribution in [3.8, 4) is 0 Å². The van der Waals surface area contributed by atoms with Crippen molar-refractivity contribution in [3.05, 3.63) is 0 Å². The first-order valence-corrected chi connectivity index (χ1v) is 11.0. The van der Waals surface area contributed by atoms with Crippen LogP contribution in [-0.4, -0.2) is 64.9 Å². The van der Waals surface area contributed by atoms with Crippen molar-refractivity contribution in [1.82, 2.24) is 20.4 Å². The number of aromatic nitrogens is 2. The number of thioether (sulfide) groups is 1. The van der Waals surface area contributed by atoms with Crippen LogP contribution in [0.4, 0.5) is 5.13 Å². The minimum Gasteiger partial charge on any atom is -0.353 e. The molecule has 0 atom stereocenters. The van der Waals surface area contributed by atoms with Gasteiger partial charge in [-0.25, -0.2) is 0 Å². The predicted molar refractivity (Wildman–Crippen MR) is 107 cm³/mol. The highest BCUT2D eigenvalue weighted by molar-refractivity contribution is 8.01. The molecule has 0 saturated carbocycles. The van der Waals surface area contributed by atoms with E-state index in [0.29, 0.717) is 5.75 Å². The number of nitrogens with zero attached hydrogens (tertiary/aromatic N) is 4. The first kappa shape index (κ1) is 21.0. The minimum absolute atomic E-state index is 0.00952. The molecule has 1 aliphatic rings. The summed E-state index contributed by atoms with van der Waals surface area (Å²) in [6.07, 6.45) is 1.80. The van der Waals surface area contributed by atoms with Crippen molar-refractivity contribution in [1.29, 1.82) is 0 Å². The Kier molecular flexibility index (Phi) is 8.15. The summed E-state index contributed by atoms with van der Waals surface area (Å²) in [5, 5.41) is 12.2. The summed E-state index contributed by atoms with van der Waals surface area (Å²) in [6, 6.07) is 0.145. The zero-order valence-electron chi connectivity index (χ0n) is 16.0.